The van der Waals surface area contributed by atoms with Gasteiger partial charge in [-0.1, -0.05) is 30.4 Å². The Morgan fingerprint density at radius 3 is 2.85 bits per heavy atom. The minimum Gasteiger partial charge on any atom is -0.468 e. The maximum absolute atomic E-state index is 12.0. The number of nitrogens with zero attached hydrogens (tertiary/aromatic N) is 2. The molecule has 0 atom stereocenters. The van der Waals surface area contributed by atoms with Crippen molar-refractivity contribution in [2.45, 2.75) is 13.5 Å². The van der Waals surface area contributed by atoms with Gasteiger partial charge in [0.15, 0.2) is 0 Å². The quantitative estimate of drug-likeness (QED) is 0.858. The fourth-order valence-corrected chi connectivity index (χ4v) is 2.03. The number of rotatable bonds is 4. The molecule has 0 aliphatic heterocycles. The van der Waals surface area contributed by atoms with Crippen LogP contribution in [0.1, 0.15) is 16.8 Å². The Balaban J connectivity index is 2.42. The largest absolute Gasteiger partial charge is 0.468 e. The zero-order chi connectivity index (χ0) is 14.7. The smallest absolute Gasteiger partial charge is 0.299 e. The summed E-state index contributed by atoms with van der Waals surface area (Å²) in [5, 5.41) is 0. The van der Waals surface area contributed by atoms with Crippen LogP contribution >= 0.6 is 12.2 Å². The van der Waals surface area contributed by atoms with Gasteiger partial charge >= 0.3 is 0 Å². The molecule has 0 radical (unpaired) electrons. The molecule has 2 rings (SSSR count). The Labute approximate surface area is 122 Å². The number of nitrogens with two attached hydrogens (primary N) is 1. The van der Waals surface area contributed by atoms with Crippen LogP contribution in [-0.4, -0.2) is 21.6 Å². The highest BCUT2D eigenvalue weighted by Crippen LogP contribution is 2.11. The zero-order valence-corrected chi connectivity index (χ0v) is 12.1. The molecule has 0 saturated carbocycles. The number of methoxy groups -OCH3 is 1. The molecule has 0 spiro atoms. The monoisotopic (exact) mass is 289 g/mol. The van der Waals surface area contributed by atoms with E-state index in [1.54, 1.807) is 6.92 Å². The summed E-state index contributed by atoms with van der Waals surface area (Å²) in [5.74, 6) is 0. The van der Waals surface area contributed by atoms with Gasteiger partial charge in [0.25, 0.3) is 11.6 Å². The summed E-state index contributed by atoms with van der Waals surface area (Å²) in [6, 6.07) is 9.19. The van der Waals surface area contributed by atoms with Crippen LogP contribution in [0.2, 0.25) is 0 Å². The van der Waals surface area contributed by atoms with Gasteiger partial charge in [0, 0.05) is 17.3 Å². The van der Waals surface area contributed by atoms with Crippen LogP contribution in [-0.2, 0) is 6.54 Å². The lowest BCUT2D eigenvalue weighted by Crippen LogP contribution is -2.23. The van der Waals surface area contributed by atoms with E-state index < -0.39 is 0 Å². The van der Waals surface area contributed by atoms with E-state index in [-0.39, 0.29) is 11.6 Å². The van der Waals surface area contributed by atoms with E-state index in [9.17, 15) is 4.79 Å². The van der Waals surface area contributed by atoms with Gasteiger partial charge in [0.1, 0.15) is 4.99 Å². The number of thiocarbonyl (C=S) groups is 1. The Bertz CT molecular complexity index is 710. The molecular weight excluding hydrogens is 274 g/mol. The summed E-state index contributed by atoms with van der Waals surface area (Å²) in [7, 11) is 1.49. The Morgan fingerprint density at radius 1 is 1.45 bits per heavy atom. The summed E-state index contributed by atoms with van der Waals surface area (Å²) in [6.07, 6.45) is 0. The molecule has 2 N–H and O–H groups in total. The SMILES string of the molecule is COc1nc(C)cc(=O)n1Cc1cccc(C(N)=S)c1. The molecule has 1 aromatic heterocycles. The van der Waals surface area contributed by atoms with E-state index in [0.717, 1.165) is 11.1 Å². The fraction of sp³-hybridized carbons (Fsp3) is 0.214. The lowest BCUT2D eigenvalue weighted by Gasteiger charge is -2.11. The first-order chi connectivity index (χ1) is 9.51. The molecule has 5 nitrogen and oxygen atoms in total. The van der Waals surface area contributed by atoms with Gasteiger partial charge < -0.3 is 10.5 Å². The van der Waals surface area contributed by atoms with Gasteiger partial charge in [-0.15, -0.1) is 0 Å². The molecular formula is C14H15N3O2S. The van der Waals surface area contributed by atoms with Gasteiger partial charge in [-0.2, -0.15) is 0 Å². The molecule has 0 saturated heterocycles. The second-order valence-corrected chi connectivity index (χ2v) is 4.81. The van der Waals surface area contributed by atoms with Crippen molar-refractivity contribution in [1.82, 2.24) is 9.55 Å². The van der Waals surface area contributed by atoms with Crippen molar-refractivity contribution in [3.8, 4) is 6.01 Å². The molecule has 0 unspecified atom stereocenters. The average molecular weight is 289 g/mol. The van der Waals surface area contributed by atoms with Crippen molar-refractivity contribution in [1.29, 1.82) is 0 Å². The maximum atomic E-state index is 12.0. The molecule has 20 heavy (non-hydrogen) atoms. The maximum Gasteiger partial charge on any atom is 0.299 e. The Kier molecular flexibility index (Phi) is 4.14. The molecule has 0 amide bonds. The molecule has 0 aliphatic carbocycles. The fourth-order valence-electron chi connectivity index (χ4n) is 1.90. The third-order valence-corrected chi connectivity index (χ3v) is 3.07. The Hall–Kier alpha value is -2.21. The third-order valence-electron chi connectivity index (χ3n) is 2.84. The summed E-state index contributed by atoms with van der Waals surface area (Å²) < 4.78 is 6.62. The summed E-state index contributed by atoms with van der Waals surface area (Å²) in [6.45, 7) is 2.10. The molecule has 104 valence electrons. The Morgan fingerprint density at radius 2 is 2.20 bits per heavy atom. The number of aromatic nitrogens is 2. The molecule has 2 aromatic rings. The second kappa shape index (κ2) is 5.83. The first kappa shape index (κ1) is 14.2. The standard InChI is InChI=1S/C14H15N3O2S/c1-9-6-12(18)17(14(16-9)19-2)8-10-4-3-5-11(7-10)13(15)20/h3-7H,8H2,1-2H3,(H2,15,20). The normalized spacial score (nSPS) is 10.3. The van der Waals surface area contributed by atoms with E-state index in [1.807, 2.05) is 24.3 Å². The van der Waals surface area contributed by atoms with Crippen LogP contribution in [0.5, 0.6) is 6.01 Å². The first-order valence-electron chi connectivity index (χ1n) is 6.02. The van der Waals surface area contributed by atoms with Crippen LogP contribution < -0.4 is 16.0 Å². The summed E-state index contributed by atoms with van der Waals surface area (Å²) >= 11 is 4.95. The highest BCUT2D eigenvalue weighted by molar-refractivity contribution is 7.80. The van der Waals surface area contributed by atoms with Crippen LogP contribution in [0, 0.1) is 6.92 Å². The zero-order valence-electron chi connectivity index (χ0n) is 11.3. The van der Waals surface area contributed by atoms with Crippen molar-refractivity contribution in [2.24, 2.45) is 5.73 Å². The van der Waals surface area contributed by atoms with E-state index >= 15 is 0 Å². The lowest BCUT2D eigenvalue weighted by atomic mass is 10.1. The van der Waals surface area contributed by atoms with Gasteiger partial charge in [-0.25, -0.2) is 4.98 Å². The number of benzene rings is 1. The van der Waals surface area contributed by atoms with E-state index in [0.29, 0.717) is 17.2 Å². The molecule has 1 heterocycles. The molecule has 0 bridgehead atoms. The summed E-state index contributed by atoms with van der Waals surface area (Å²) in [4.78, 5) is 16.6. The number of ether oxygens (including phenoxy) is 1. The van der Waals surface area contributed by atoms with Crippen molar-refractivity contribution in [3.05, 3.63) is 57.5 Å². The van der Waals surface area contributed by atoms with Crippen molar-refractivity contribution in [3.63, 3.8) is 0 Å². The number of hydrogen-bond acceptors (Lipinski definition) is 4. The van der Waals surface area contributed by atoms with Crippen molar-refractivity contribution in [2.75, 3.05) is 7.11 Å². The van der Waals surface area contributed by atoms with Crippen molar-refractivity contribution >= 4 is 17.2 Å². The van der Waals surface area contributed by atoms with E-state index in [4.69, 9.17) is 22.7 Å². The van der Waals surface area contributed by atoms with Gasteiger partial charge in [0.2, 0.25) is 0 Å². The van der Waals surface area contributed by atoms with Gasteiger partial charge in [-0.05, 0) is 18.6 Å². The predicted molar refractivity (Wildman–Crippen MR) is 81.2 cm³/mol. The second-order valence-electron chi connectivity index (χ2n) is 4.37. The van der Waals surface area contributed by atoms with Crippen molar-refractivity contribution < 1.29 is 4.74 Å². The third kappa shape index (κ3) is 3.03. The highest BCUT2D eigenvalue weighted by Gasteiger charge is 2.08. The van der Waals surface area contributed by atoms with Crippen LogP contribution in [0.25, 0.3) is 0 Å². The number of hydrogen-bond donors (Lipinski definition) is 1. The van der Waals surface area contributed by atoms with E-state index in [1.165, 1.54) is 17.7 Å². The predicted octanol–water partition coefficient (Wildman–Crippen LogP) is 1.24. The highest BCUT2D eigenvalue weighted by atomic mass is 32.1. The van der Waals surface area contributed by atoms with Crippen LogP contribution in [0.15, 0.2) is 35.1 Å². The van der Waals surface area contributed by atoms with Crippen LogP contribution in [0.3, 0.4) is 0 Å². The number of aryl methyl sites for hydroxylation is 1. The van der Waals surface area contributed by atoms with Crippen LogP contribution in [0.4, 0.5) is 0 Å². The van der Waals surface area contributed by atoms with E-state index in [2.05, 4.69) is 4.98 Å². The lowest BCUT2D eigenvalue weighted by molar-refractivity contribution is 0.350. The molecule has 0 fully saturated rings. The first-order valence-corrected chi connectivity index (χ1v) is 6.43. The van der Waals surface area contributed by atoms with Gasteiger partial charge in [0.05, 0.1) is 13.7 Å². The summed E-state index contributed by atoms with van der Waals surface area (Å²) in [5.41, 5.74) is 7.75. The molecule has 6 heteroatoms. The average Bonchev–Trinajstić information content (AvgIpc) is 2.41. The minimum atomic E-state index is -0.157. The minimum absolute atomic E-state index is 0.157. The molecule has 1 aromatic carbocycles. The topological polar surface area (TPSA) is 70.1 Å². The van der Waals surface area contributed by atoms with Gasteiger partial charge in [-0.3, -0.25) is 9.36 Å². The molecule has 0 aliphatic rings.